The van der Waals surface area contributed by atoms with Crippen LogP contribution < -0.4 is 9.47 Å². The van der Waals surface area contributed by atoms with Crippen LogP contribution in [0, 0.1) is 11.3 Å². The van der Waals surface area contributed by atoms with Crippen molar-refractivity contribution in [2.75, 3.05) is 7.11 Å². The average molecular weight is 309 g/mol. The number of phenolic OH excluding ortho intramolecular Hbond substituents is 1. The highest BCUT2D eigenvalue weighted by Gasteiger charge is 2.34. The molecule has 2 aromatic carbocycles. The van der Waals surface area contributed by atoms with E-state index in [-0.39, 0.29) is 23.0 Å². The van der Waals surface area contributed by atoms with E-state index < -0.39 is 17.3 Å². The lowest BCUT2D eigenvalue weighted by molar-refractivity contribution is -0.137. The van der Waals surface area contributed by atoms with Crippen molar-refractivity contribution < 1.29 is 27.8 Å². The topological polar surface area (TPSA) is 62.5 Å². The van der Waals surface area contributed by atoms with Gasteiger partial charge in [-0.2, -0.15) is 18.4 Å². The van der Waals surface area contributed by atoms with Gasteiger partial charge in [-0.1, -0.05) is 6.07 Å². The predicted octanol–water partition coefficient (Wildman–Crippen LogP) is 4.08. The number of para-hydroxylation sites is 1. The summed E-state index contributed by atoms with van der Waals surface area (Å²) in [6.07, 6.45) is -4.67. The van der Waals surface area contributed by atoms with Crippen LogP contribution in [0.2, 0.25) is 0 Å². The van der Waals surface area contributed by atoms with Crippen LogP contribution in [-0.4, -0.2) is 12.2 Å². The maximum Gasteiger partial charge on any atom is 0.417 e. The molecule has 114 valence electrons. The molecule has 0 aromatic heterocycles. The van der Waals surface area contributed by atoms with Gasteiger partial charge in [0.05, 0.1) is 24.3 Å². The molecular formula is C15H10F3NO3. The number of halogens is 3. The molecule has 4 nitrogen and oxygen atoms in total. The Balaban J connectivity index is 2.44. The Morgan fingerprint density at radius 1 is 1.18 bits per heavy atom. The van der Waals surface area contributed by atoms with Crippen molar-refractivity contribution in [3.8, 4) is 29.1 Å². The van der Waals surface area contributed by atoms with E-state index in [2.05, 4.69) is 0 Å². The highest BCUT2D eigenvalue weighted by molar-refractivity contribution is 5.53. The zero-order valence-electron chi connectivity index (χ0n) is 11.3. The zero-order valence-corrected chi connectivity index (χ0v) is 11.3. The van der Waals surface area contributed by atoms with Crippen LogP contribution in [0.15, 0.2) is 36.4 Å². The van der Waals surface area contributed by atoms with Crippen LogP contribution in [-0.2, 0) is 6.18 Å². The van der Waals surface area contributed by atoms with Gasteiger partial charge >= 0.3 is 6.18 Å². The smallest absolute Gasteiger partial charge is 0.417 e. The summed E-state index contributed by atoms with van der Waals surface area (Å²) in [5, 5.41) is 18.3. The molecule has 7 heteroatoms. The zero-order chi connectivity index (χ0) is 16.3. The number of rotatable bonds is 3. The Morgan fingerprint density at radius 3 is 2.50 bits per heavy atom. The number of ether oxygens (including phenoxy) is 2. The number of methoxy groups -OCH3 is 1. The van der Waals surface area contributed by atoms with Crippen LogP contribution in [0.3, 0.4) is 0 Å². The molecule has 0 saturated carbocycles. The minimum Gasteiger partial charge on any atom is -0.504 e. The first-order chi connectivity index (χ1) is 10.4. The van der Waals surface area contributed by atoms with E-state index in [1.165, 1.54) is 37.4 Å². The van der Waals surface area contributed by atoms with E-state index in [9.17, 15) is 18.3 Å². The molecule has 0 fully saturated rings. The summed E-state index contributed by atoms with van der Waals surface area (Å²) in [6, 6.07) is 8.71. The van der Waals surface area contributed by atoms with Gasteiger partial charge < -0.3 is 14.6 Å². The third-order valence-corrected chi connectivity index (χ3v) is 2.81. The van der Waals surface area contributed by atoms with Gasteiger partial charge in [-0.05, 0) is 30.3 Å². The first-order valence-electron chi connectivity index (χ1n) is 6.02. The second-order valence-electron chi connectivity index (χ2n) is 4.23. The van der Waals surface area contributed by atoms with E-state index in [4.69, 9.17) is 14.7 Å². The highest BCUT2D eigenvalue weighted by atomic mass is 19.4. The summed E-state index contributed by atoms with van der Waals surface area (Å²) in [6.45, 7) is 0. The Labute approximate surface area is 123 Å². The average Bonchev–Trinajstić information content (AvgIpc) is 2.46. The fourth-order valence-corrected chi connectivity index (χ4v) is 1.84. The van der Waals surface area contributed by atoms with Gasteiger partial charge in [0, 0.05) is 0 Å². The van der Waals surface area contributed by atoms with Crippen molar-refractivity contribution in [2.24, 2.45) is 0 Å². The fraction of sp³-hybridized carbons (Fsp3) is 0.133. The van der Waals surface area contributed by atoms with E-state index in [0.29, 0.717) is 0 Å². The molecule has 0 aliphatic rings. The van der Waals surface area contributed by atoms with Gasteiger partial charge in [-0.15, -0.1) is 0 Å². The number of hydrogen-bond donors (Lipinski definition) is 1. The number of phenols is 1. The van der Waals surface area contributed by atoms with Gasteiger partial charge in [0.15, 0.2) is 11.5 Å². The summed E-state index contributed by atoms with van der Waals surface area (Å²) < 4.78 is 48.9. The van der Waals surface area contributed by atoms with Crippen LogP contribution in [0.25, 0.3) is 0 Å². The summed E-state index contributed by atoms with van der Waals surface area (Å²) in [7, 11) is 1.29. The molecule has 0 atom stereocenters. The molecule has 2 rings (SSSR count). The monoisotopic (exact) mass is 309 g/mol. The predicted molar refractivity (Wildman–Crippen MR) is 70.9 cm³/mol. The van der Waals surface area contributed by atoms with E-state index in [1.807, 2.05) is 0 Å². The van der Waals surface area contributed by atoms with Gasteiger partial charge in [0.1, 0.15) is 5.75 Å². The molecule has 0 aliphatic carbocycles. The number of aromatic hydroxyl groups is 1. The van der Waals surface area contributed by atoms with Crippen molar-refractivity contribution >= 4 is 0 Å². The highest BCUT2D eigenvalue weighted by Crippen LogP contribution is 2.40. The summed E-state index contributed by atoms with van der Waals surface area (Å²) in [5.41, 5.74) is -1.59. The Hall–Kier alpha value is -2.88. The van der Waals surface area contributed by atoms with Gasteiger partial charge in [0.25, 0.3) is 0 Å². The van der Waals surface area contributed by atoms with Crippen molar-refractivity contribution in [3.63, 3.8) is 0 Å². The second-order valence-corrected chi connectivity index (χ2v) is 4.23. The quantitative estimate of drug-likeness (QED) is 0.928. The molecule has 0 spiro atoms. The number of nitrogens with zero attached hydrogens (tertiary/aromatic N) is 1. The second kappa shape index (κ2) is 5.85. The molecule has 0 saturated heterocycles. The normalized spacial score (nSPS) is 10.9. The molecule has 0 heterocycles. The van der Waals surface area contributed by atoms with E-state index in [0.717, 1.165) is 12.1 Å². The van der Waals surface area contributed by atoms with Crippen LogP contribution in [0.5, 0.6) is 23.0 Å². The summed E-state index contributed by atoms with van der Waals surface area (Å²) >= 11 is 0. The molecule has 1 N–H and O–H groups in total. The van der Waals surface area contributed by atoms with Crippen molar-refractivity contribution in [1.29, 1.82) is 5.26 Å². The lowest BCUT2D eigenvalue weighted by atomic mass is 10.1. The molecule has 0 aliphatic heterocycles. The van der Waals surface area contributed by atoms with Crippen LogP contribution in [0.1, 0.15) is 11.1 Å². The van der Waals surface area contributed by atoms with E-state index in [1.54, 1.807) is 0 Å². The third kappa shape index (κ3) is 3.06. The lowest BCUT2D eigenvalue weighted by Gasteiger charge is -2.14. The number of hydrogen-bond acceptors (Lipinski definition) is 4. The fourth-order valence-electron chi connectivity index (χ4n) is 1.84. The molecule has 2 aromatic rings. The van der Waals surface area contributed by atoms with Gasteiger partial charge in [-0.3, -0.25) is 0 Å². The van der Waals surface area contributed by atoms with Crippen LogP contribution in [0.4, 0.5) is 13.2 Å². The SMILES string of the molecule is COc1c(O)cccc1Oc1ccc(C#N)c(C(F)(F)F)c1. The molecule has 0 amide bonds. The van der Waals surface area contributed by atoms with E-state index >= 15 is 0 Å². The summed E-state index contributed by atoms with van der Waals surface area (Å²) in [4.78, 5) is 0. The van der Waals surface area contributed by atoms with Crippen molar-refractivity contribution in [2.45, 2.75) is 6.18 Å². The largest absolute Gasteiger partial charge is 0.504 e. The Morgan fingerprint density at radius 2 is 1.91 bits per heavy atom. The van der Waals surface area contributed by atoms with Crippen molar-refractivity contribution in [1.82, 2.24) is 0 Å². The van der Waals surface area contributed by atoms with Crippen molar-refractivity contribution in [3.05, 3.63) is 47.5 Å². The number of nitriles is 1. The Kier molecular flexibility index (Phi) is 4.13. The molecular weight excluding hydrogens is 299 g/mol. The number of alkyl halides is 3. The standard InChI is InChI=1S/C15H10F3NO3/c1-21-14-12(20)3-2-4-13(14)22-10-6-5-9(8-19)11(7-10)15(16,17)18/h2-7,20H,1H3. The molecule has 22 heavy (non-hydrogen) atoms. The Bertz CT molecular complexity index is 736. The minimum atomic E-state index is -4.67. The maximum absolute atomic E-state index is 12.9. The molecule has 0 bridgehead atoms. The van der Waals surface area contributed by atoms with Gasteiger partial charge in [-0.25, -0.2) is 0 Å². The lowest BCUT2D eigenvalue weighted by Crippen LogP contribution is -2.08. The third-order valence-electron chi connectivity index (χ3n) is 2.81. The maximum atomic E-state index is 12.9. The molecule has 0 unspecified atom stereocenters. The summed E-state index contributed by atoms with van der Waals surface area (Å²) in [5.74, 6) is -0.277. The van der Waals surface area contributed by atoms with Gasteiger partial charge in [0.2, 0.25) is 5.75 Å². The number of benzene rings is 2. The van der Waals surface area contributed by atoms with Crippen LogP contribution >= 0.6 is 0 Å². The first kappa shape index (κ1) is 15.5. The molecule has 0 radical (unpaired) electrons. The first-order valence-corrected chi connectivity index (χ1v) is 6.02. The minimum absolute atomic E-state index is 0.000387.